The van der Waals surface area contributed by atoms with E-state index >= 15 is 0 Å². The normalized spacial score (nSPS) is 20.2. The van der Waals surface area contributed by atoms with Crippen molar-refractivity contribution in [1.82, 2.24) is 5.32 Å². The van der Waals surface area contributed by atoms with Crippen molar-refractivity contribution >= 4 is 27.5 Å². The van der Waals surface area contributed by atoms with Crippen LogP contribution in [0.4, 0.5) is 0 Å². The maximum atomic E-state index is 10.5. The number of piperidine rings is 1. The Balaban J connectivity index is 2.39. The molecule has 2 N–H and O–H groups in total. The fraction of sp³-hybridized carbons (Fsp3) is 0.455. The van der Waals surface area contributed by atoms with Gasteiger partial charge in [-0.1, -0.05) is 23.7 Å². The third-order valence-corrected chi connectivity index (χ3v) is 4.18. The Morgan fingerprint density at radius 3 is 2.67 bits per heavy atom. The van der Waals surface area contributed by atoms with Gasteiger partial charge in [0.2, 0.25) is 0 Å². The lowest BCUT2D eigenvalue weighted by Crippen LogP contribution is -2.39. The van der Waals surface area contributed by atoms with Crippen molar-refractivity contribution in [2.75, 3.05) is 13.1 Å². The van der Waals surface area contributed by atoms with Crippen molar-refractivity contribution in [1.29, 1.82) is 0 Å². The number of hydrogen-bond acceptors (Lipinski definition) is 2. The molecule has 0 spiro atoms. The molecule has 2 nitrogen and oxygen atoms in total. The first-order valence-electron chi connectivity index (χ1n) is 5.01. The molecule has 1 fully saturated rings. The summed E-state index contributed by atoms with van der Waals surface area (Å²) in [5.74, 6) is 0. The van der Waals surface area contributed by atoms with Gasteiger partial charge in [0, 0.05) is 10.0 Å². The molecule has 0 atom stereocenters. The predicted molar refractivity (Wildman–Crippen MR) is 65.2 cm³/mol. The summed E-state index contributed by atoms with van der Waals surface area (Å²) in [5, 5.41) is 14.4. The highest BCUT2D eigenvalue weighted by molar-refractivity contribution is 9.10. The molecule has 0 bridgehead atoms. The Labute approximate surface area is 103 Å². The van der Waals surface area contributed by atoms with E-state index in [1.807, 2.05) is 18.2 Å². The molecule has 4 heteroatoms. The molecular weight excluding hydrogens is 277 g/mol. The van der Waals surface area contributed by atoms with E-state index in [1.165, 1.54) is 0 Å². The molecule has 0 aromatic heterocycles. The number of halogens is 2. The summed E-state index contributed by atoms with van der Waals surface area (Å²) < 4.78 is 0.841. The monoisotopic (exact) mass is 289 g/mol. The van der Waals surface area contributed by atoms with Gasteiger partial charge in [-0.3, -0.25) is 0 Å². The van der Waals surface area contributed by atoms with Gasteiger partial charge in [0.25, 0.3) is 0 Å². The number of hydrogen-bond donors (Lipinski definition) is 2. The first-order valence-corrected chi connectivity index (χ1v) is 6.18. The molecule has 82 valence electrons. The maximum absolute atomic E-state index is 10.5. The number of benzene rings is 1. The summed E-state index contributed by atoms with van der Waals surface area (Å²) >= 11 is 9.57. The van der Waals surface area contributed by atoms with E-state index in [0.29, 0.717) is 17.9 Å². The van der Waals surface area contributed by atoms with E-state index in [9.17, 15) is 5.11 Å². The summed E-state index contributed by atoms with van der Waals surface area (Å²) in [5.41, 5.74) is 0.0617. The van der Waals surface area contributed by atoms with Gasteiger partial charge >= 0.3 is 0 Å². The Hall–Kier alpha value is -0.0900. The molecular formula is C11H13BrClNO. The zero-order chi connectivity index (χ0) is 10.9. The van der Waals surface area contributed by atoms with Crippen LogP contribution in [0.3, 0.4) is 0 Å². The quantitative estimate of drug-likeness (QED) is 0.833. The third-order valence-electron chi connectivity index (χ3n) is 2.88. The molecule has 0 amide bonds. The van der Waals surface area contributed by atoms with Gasteiger partial charge in [0.1, 0.15) is 0 Å². The Morgan fingerprint density at radius 1 is 1.33 bits per heavy atom. The van der Waals surface area contributed by atoms with Crippen molar-refractivity contribution in [2.45, 2.75) is 18.4 Å². The second kappa shape index (κ2) is 4.42. The molecule has 1 aliphatic heterocycles. The second-order valence-electron chi connectivity index (χ2n) is 3.88. The van der Waals surface area contributed by atoms with E-state index in [-0.39, 0.29) is 0 Å². The zero-order valence-corrected chi connectivity index (χ0v) is 10.6. The van der Waals surface area contributed by atoms with Crippen LogP contribution in [-0.4, -0.2) is 18.2 Å². The molecule has 1 saturated heterocycles. The Bertz CT molecular complexity index is 364. The molecule has 0 unspecified atom stereocenters. The van der Waals surface area contributed by atoms with Crippen LogP contribution in [0, 0.1) is 0 Å². The molecule has 0 saturated carbocycles. The molecule has 0 radical (unpaired) electrons. The Kier molecular flexibility index (Phi) is 3.36. The van der Waals surface area contributed by atoms with Crippen LogP contribution in [0.2, 0.25) is 5.02 Å². The Morgan fingerprint density at radius 2 is 2.00 bits per heavy atom. The van der Waals surface area contributed by atoms with Crippen molar-refractivity contribution < 1.29 is 5.11 Å². The molecule has 1 aromatic rings. The topological polar surface area (TPSA) is 32.3 Å². The average Bonchev–Trinajstić information content (AvgIpc) is 2.23. The van der Waals surface area contributed by atoms with Crippen molar-refractivity contribution in [2.24, 2.45) is 0 Å². The van der Waals surface area contributed by atoms with Gasteiger partial charge in [-0.15, -0.1) is 0 Å². The molecule has 1 aliphatic rings. The van der Waals surface area contributed by atoms with E-state index in [2.05, 4.69) is 21.2 Å². The minimum atomic E-state index is -0.772. The highest BCUT2D eigenvalue weighted by atomic mass is 79.9. The van der Waals surface area contributed by atoms with Gasteiger partial charge in [-0.25, -0.2) is 0 Å². The first kappa shape index (κ1) is 11.4. The van der Waals surface area contributed by atoms with Crippen molar-refractivity contribution in [3.63, 3.8) is 0 Å². The number of nitrogens with one attached hydrogen (secondary N) is 1. The first-order chi connectivity index (χ1) is 7.13. The lowest BCUT2D eigenvalue weighted by atomic mass is 9.85. The van der Waals surface area contributed by atoms with Crippen LogP contribution in [0.5, 0.6) is 0 Å². The smallest absolute Gasteiger partial charge is 0.0935 e. The van der Waals surface area contributed by atoms with Gasteiger partial charge in [0.05, 0.1) is 10.6 Å². The predicted octanol–water partition coefficient (Wildman–Crippen LogP) is 2.67. The second-order valence-corrected chi connectivity index (χ2v) is 5.12. The van der Waals surface area contributed by atoms with E-state index < -0.39 is 5.60 Å². The van der Waals surface area contributed by atoms with Crippen LogP contribution in [0.15, 0.2) is 22.7 Å². The summed E-state index contributed by atoms with van der Waals surface area (Å²) in [4.78, 5) is 0. The minimum absolute atomic E-state index is 0.627. The lowest BCUT2D eigenvalue weighted by molar-refractivity contribution is 0.00599. The fourth-order valence-electron chi connectivity index (χ4n) is 1.97. The van der Waals surface area contributed by atoms with Crippen LogP contribution in [-0.2, 0) is 5.60 Å². The highest BCUT2D eigenvalue weighted by Gasteiger charge is 2.33. The van der Waals surface area contributed by atoms with E-state index in [4.69, 9.17) is 11.6 Å². The van der Waals surface area contributed by atoms with Gasteiger partial charge < -0.3 is 10.4 Å². The summed E-state index contributed by atoms with van der Waals surface area (Å²) in [6.07, 6.45) is 1.42. The van der Waals surface area contributed by atoms with E-state index in [0.717, 1.165) is 23.1 Å². The fourth-order valence-corrected chi connectivity index (χ4v) is 2.64. The summed E-state index contributed by atoms with van der Waals surface area (Å²) in [7, 11) is 0. The summed E-state index contributed by atoms with van der Waals surface area (Å²) in [6, 6.07) is 5.69. The number of aliphatic hydroxyl groups is 1. The van der Waals surface area contributed by atoms with Gasteiger partial charge in [-0.2, -0.15) is 0 Å². The molecule has 15 heavy (non-hydrogen) atoms. The van der Waals surface area contributed by atoms with Crippen LogP contribution >= 0.6 is 27.5 Å². The minimum Gasteiger partial charge on any atom is -0.385 e. The summed E-state index contributed by atoms with van der Waals surface area (Å²) in [6.45, 7) is 1.67. The third kappa shape index (κ3) is 2.21. The lowest BCUT2D eigenvalue weighted by Gasteiger charge is -2.33. The van der Waals surface area contributed by atoms with Crippen LogP contribution in [0.25, 0.3) is 0 Å². The molecule has 1 heterocycles. The van der Waals surface area contributed by atoms with Gasteiger partial charge in [0.15, 0.2) is 0 Å². The zero-order valence-electron chi connectivity index (χ0n) is 8.26. The average molecular weight is 291 g/mol. The molecule has 2 rings (SSSR count). The van der Waals surface area contributed by atoms with Crippen LogP contribution in [0.1, 0.15) is 18.4 Å². The largest absolute Gasteiger partial charge is 0.385 e. The van der Waals surface area contributed by atoms with Gasteiger partial charge in [-0.05, 0) is 47.9 Å². The standard InChI is InChI=1S/C11H13BrClNO/c12-9-3-1-2-8(10(9)13)11(15)4-6-14-7-5-11/h1-3,14-15H,4-7H2. The van der Waals surface area contributed by atoms with E-state index in [1.54, 1.807) is 0 Å². The highest BCUT2D eigenvalue weighted by Crippen LogP contribution is 2.38. The van der Waals surface area contributed by atoms with Crippen LogP contribution < -0.4 is 5.32 Å². The molecule has 0 aliphatic carbocycles. The maximum Gasteiger partial charge on any atom is 0.0935 e. The number of rotatable bonds is 1. The SMILES string of the molecule is OC1(c2cccc(Br)c2Cl)CCNCC1. The van der Waals surface area contributed by atoms with Crippen molar-refractivity contribution in [3.05, 3.63) is 33.3 Å². The molecule has 1 aromatic carbocycles. The van der Waals surface area contributed by atoms with Crippen molar-refractivity contribution in [3.8, 4) is 0 Å².